The van der Waals surface area contributed by atoms with E-state index in [1.54, 1.807) is 12.1 Å². The monoisotopic (exact) mass is 418 g/mol. The highest BCUT2D eigenvalue weighted by Crippen LogP contribution is 2.34. The molecule has 2 aromatic carbocycles. The zero-order valence-electron chi connectivity index (χ0n) is 16.1. The fourth-order valence-corrected chi connectivity index (χ4v) is 3.95. The van der Waals surface area contributed by atoms with Crippen molar-refractivity contribution in [2.75, 3.05) is 6.61 Å². The Morgan fingerprint density at radius 1 is 1.20 bits per heavy atom. The number of aromatic carboxylic acids is 1. The molecule has 0 bridgehead atoms. The van der Waals surface area contributed by atoms with Gasteiger partial charge in [-0.3, -0.25) is 0 Å². The second-order valence-corrected chi connectivity index (χ2v) is 7.63. The lowest BCUT2D eigenvalue weighted by Gasteiger charge is -2.23. The number of aromatic nitrogens is 2. The molecule has 1 fully saturated rings. The van der Waals surface area contributed by atoms with Gasteiger partial charge in [-0.2, -0.15) is 18.3 Å². The van der Waals surface area contributed by atoms with Crippen LogP contribution in [0.25, 0.3) is 10.9 Å². The second-order valence-electron chi connectivity index (χ2n) is 7.63. The predicted molar refractivity (Wildman–Crippen MR) is 104 cm³/mol. The number of fused-ring (bicyclic) bond motifs is 1. The molecule has 158 valence electrons. The first-order valence-electron chi connectivity index (χ1n) is 9.82. The van der Waals surface area contributed by atoms with Crippen molar-refractivity contribution in [1.29, 1.82) is 0 Å². The summed E-state index contributed by atoms with van der Waals surface area (Å²) in [5.74, 6) is -0.685. The molecule has 0 saturated heterocycles. The molecule has 4 rings (SSSR count). The van der Waals surface area contributed by atoms with Crippen molar-refractivity contribution in [3.8, 4) is 0 Å². The van der Waals surface area contributed by atoms with Crippen molar-refractivity contribution in [2.24, 2.45) is 5.92 Å². The zero-order chi connectivity index (χ0) is 21.3. The van der Waals surface area contributed by atoms with Gasteiger partial charge in [-0.15, -0.1) is 0 Å². The molecular formula is C22H21F3N2O3. The fourth-order valence-electron chi connectivity index (χ4n) is 3.95. The number of carboxylic acid groups (broad SMARTS) is 1. The molecule has 5 nitrogen and oxygen atoms in total. The molecule has 1 aromatic heterocycles. The Bertz CT molecular complexity index is 1060. The van der Waals surface area contributed by atoms with Crippen LogP contribution in [0.2, 0.25) is 0 Å². The van der Waals surface area contributed by atoms with E-state index in [1.165, 1.54) is 29.1 Å². The third-order valence-electron chi connectivity index (χ3n) is 5.53. The van der Waals surface area contributed by atoms with E-state index in [0.29, 0.717) is 29.0 Å². The van der Waals surface area contributed by atoms with E-state index in [0.717, 1.165) is 37.8 Å². The van der Waals surface area contributed by atoms with Gasteiger partial charge >= 0.3 is 12.1 Å². The molecule has 0 amide bonds. The van der Waals surface area contributed by atoms with Gasteiger partial charge in [-0.1, -0.05) is 25.0 Å². The lowest BCUT2D eigenvalue weighted by atomic mass is 10.1. The average Bonchev–Trinajstić information content (AvgIpc) is 3.37. The Labute approximate surface area is 171 Å². The van der Waals surface area contributed by atoms with E-state index in [2.05, 4.69) is 5.10 Å². The third kappa shape index (κ3) is 4.18. The first kappa shape index (κ1) is 20.4. The van der Waals surface area contributed by atoms with Crippen molar-refractivity contribution in [2.45, 2.75) is 38.1 Å². The van der Waals surface area contributed by atoms with E-state index in [-0.39, 0.29) is 5.56 Å². The summed E-state index contributed by atoms with van der Waals surface area (Å²) in [5.41, 5.74) is 0.299. The van der Waals surface area contributed by atoms with Gasteiger partial charge in [-0.05, 0) is 49.1 Å². The van der Waals surface area contributed by atoms with Crippen LogP contribution < -0.4 is 0 Å². The molecule has 1 heterocycles. The highest BCUT2D eigenvalue weighted by Gasteiger charge is 2.32. The third-order valence-corrected chi connectivity index (χ3v) is 5.53. The van der Waals surface area contributed by atoms with Crippen LogP contribution in [0, 0.1) is 5.92 Å². The van der Waals surface area contributed by atoms with Crippen LogP contribution in [0.15, 0.2) is 48.7 Å². The molecule has 0 radical (unpaired) electrons. The number of hydrogen-bond acceptors (Lipinski definition) is 3. The summed E-state index contributed by atoms with van der Waals surface area (Å²) in [4.78, 5) is 11.2. The van der Waals surface area contributed by atoms with Gasteiger partial charge in [0.05, 0.1) is 29.4 Å². The van der Waals surface area contributed by atoms with Crippen LogP contribution in [0.5, 0.6) is 0 Å². The van der Waals surface area contributed by atoms with Crippen molar-refractivity contribution < 1.29 is 27.8 Å². The summed E-state index contributed by atoms with van der Waals surface area (Å²) in [7, 11) is 0. The van der Waals surface area contributed by atoms with Gasteiger partial charge in [0.2, 0.25) is 0 Å². The second kappa shape index (κ2) is 8.10. The maximum absolute atomic E-state index is 13.3. The molecule has 8 heteroatoms. The zero-order valence-corrected chi connectivity index (χ0v) is 16.1. The first-order chi connectivity index (χ1) is 14.3. The normalized spacial score (nSPS) is 16.2. The Kier molecular flexibility index (Phi) is 5.51. The van der Waals surface area contributed by atoms with Gasteiger partial charge in [0.25, 0.3) is 0 Å². The number of carboxylic acids is 1. The highest BCUT2D eigenvalue weighted by molar-refractivity contribution is 5.93. The molecular weight excluding hydrogens is 397 g/mol. The van der Waals surface area contributed by atoms with Gasteiger partial charge < -0.3 is 9.84 Å². The lowest BCUT2D eigenvalue weighted by molar-refractivity contribution is -0.137. The molecule has 1 N–H and O–H groups in total. The minimum Gasteiger partial charge on any atom is -0.478 e. The van der Waals surface area contributed by atoms with Crippen molar-refractivity contribution in [3.63, 3.8) is 0 Å². The lowest BCUT2D eigenvalue weighted by Crippen LogP contribution is -2.20. The van der Waals surface area contributed by atoms with Crippen molar-refractivity contribution in [1.82, 2.24) is 9.78 Å². The number of ether oxygens (including phenoxy) is 1. The minimum atomic E-state index is -4.46. The number of rotatable bonds is 6. The summed E-state index contributed by atoms with van der Waals surface area (Å²) in [6, 6.07) is 9.60. The summed E-state index contributed by atoms with van der Waals surface area (Å²) in [6.45, 7) is 0.426. The number of nitrogens with zero attached hydrogens (tertiary/aromatic N) is 2. The number of carbonyl (C=O) groups is 1. The molecule has 30 heavy (non-hydrogen) atoms. The Hall–Kier alpha value is -2.87. The van der Waals surface area contributed by atoms with Gasteiger partial charge in [0.15, 0.2) is 6.23 Å². The Balaban J connectivity index is 1.73. The van der Waals surface area contributed by atoms with E-state index in [4.69, 9.17) is 4.74 Å². The van der Waals surface area contributed by atoms with E-state index >= 15 is 0 Å². The maximum Gasteiger partial charge on any atom is 0.416 e. The smallest absolute Gasteiger partial charge is 0.416 e. The topological polar surface area (TPSA) is 64.3 Å². The molecule has 0 spiro atoms. The minimum absolute atomic E-state index is 0.115. The molecule has 1 saturated carbocycles. The van der Waals surface area contributed by atoms with Gasteiger partial charge in [-0.25, -0.2) is 9.48 Å². The van der Waals surface area contributed by atoms with Crippen molar-refractivity contribution in [3.05, 3.63) is 65.4 Å². The number of alkyl halides is 3. The van der Waals surface area contributed by atoms with E-state index in [1.807, 2.05) is 0 Å². The summed E-state index contributed by atoms with van der Waals surface area (Å²) in [6.07, 6.45) is 0.529. The van der Waals surface area contributed by atoms with E-state index in [9.17, 15) is 23.1 Å². The molecule has 3 aromatic rings. The fraction of sp³-hybridized carbons (Fsp3) is 0.364. The summed E-state index contributed by atoms with van der Waals surface area (Å²) in [5, 5.41) is 14.1. The molecule has 0 aliphatic heterocycles. The molecule has 1 unspecified atom stereocenters. The predicted octanol–water partition coefficient (Wildman–Crippen LogP) is 5.51. The summed E-state index contributed by atoms with van der Waals surface area (Å²) < 4.78 is 47.4. The first-order valence-corrected chi connectivity index (χ1v) is 9.82. The van der Waals surface area contributed by atoms with Gasteiger partial charge in [0.1, 0.15) is 0 Å². The Morgan fingerprint density at radius 2 is 1.97 bits per heavy atom. The maximum atomic E-state index is 13.3. The highest BCUT2D eigenvalue weighted by atomic mass is 19.4. The van der Waals surface area contributed by atoms with Crippen LogP contribution in [0.1, 0.15) is 53.4 Å². The molecule has 1 aliphatic rings. The number of benzene rings is 2. The molecule has 1 atom stereocenters. The van der Waals surface area contributed by atoms with Crippen LogP contribution >= 0.6 is 0 Å². The number of hydrogen-bond donors (Lipinski definition) is 1. The van der Waals surface area contributed by atoms with E-state index < -0.39 is 23.9 Å². The quantitative estimate of drug-likeness (QED) is 0.574. The van der Waals surface area contributed by atoms with Crippen LogP contribution in [-0.2, 0) is 10.9 Å². The molecule has 1 aliphatic carbocycles. The Morgan fingerprint density at radius 3 is 2.67 bits per heavy atom. The van der Waals surface area contributed by atoms with Crippen LogP contribution in [-0.4, -0.2) is 27.5 Å². The number of halogens is 3. The summed E-state index contributed by atoms with van der Waals surface area (Å²) >= 11 is 0. The van der Waals surface area contributed by atoms with Crippen LogP contribution in [0.3, 0.4) is 0 Å². The van der Waals surface area contributed by atoms with Crippen molar-refractivity contribution >= 4 is 16.9 Å². The SMILES string of the molecule is O=C(O)c1ccc2c(cnn2C(OCC2CCCC2)c2cccc(C(F)(F)F)c2)c1. The largest absolute Gasteiger partial charge is 0.478 e. The average molecular weight is 418 g/mol. The van der Waals surface area contributed by atoms with Gasteiger partial charge in [0, 0.05) is 10.9 Å². The van der Waals surface area contributed by atoms with Crippen LogP contribution in [0.4, 0.5) is 13.2 Å². The standard InChI is InChI=1S/C22H21F3N2O3/c23-22(24,25)18-7-3-6-15(11-18)20(30-13-14-4-1-2-5-14)27-19-9-8-16(21(28)29)10-17(19)12-26-27/h3,6-12,14,20H,1-2,4-5,13H2,(H,28,29).